The molecule has 2 aromatic heterocycles. The summed E-state index contributed by atoms with van der Waals surface area (Å²) in [6.07, 6.45) is 6.99. The van der Waals surface area contributed by atoms with Crippen LogP contribution in [0.3, 0.4) is 0 Å². The lowest BCUT2D eigenvalue weighted by Gasteiger charge is -2.03. The van der Waals surface area contributed by atoms with Crippen LogP contribution in [-0.2, 0) is 6.54 Å². The number of fused-ring (bicyclic) bond motifs is 1. The quantitative estimate of drug-likeness (QED) is 0.646. The fourth-order valence-corrected chi connectivity index (χ4v) is 2.46. The topological polar surface area (TPSA) is 16.8 Å². The summed E-state index contributed by atoms with van der Waals surface area (Å²) in [7, 11) is 0. The van der Waals surface area contributed by atoms with Gasteiger partial charge in [0, 0.05) is 36.5 Å². The number of nitrogens with zero attached hydrogens (tertiary/aromatic N) is 2. The number of aromatic nitrogens is 2. The van der Waals surface area contributed by atoms with Gasteiger partial charge in [-0.15, -0.1) is 17.0 Å². The number of hydrogen-bond acceptors (Lipinski definition) is 1. The number of allylic oxidation sites excluding steroid dienone is 2. The van der Waals surface area contributed by atoms with Crippen molar-refractivity contribution in [3.05, 3.63) is 60.2 Å². The van der Waals surface area contributed by atoms with Gasteiger partial charge in [-0.25, -0.2) is 0 Å². The van der Waals surface area contributed by atoms with E-state index in [4.69, 9.17) is 0 Å². The number of rotatable bonds is 1. The van der Waals surface area contributed by atoms with Crippen LogP contribution in [-0.4, -0.2) is 4.98 Å². The van der Waals surface area contributed by atoms with Crippen molar-refractivity contribution >= 4 is 28.1 Å². The Labute approximate surface area is 134 Å². The fourth-order valence-electron chi connectivity index (χ4n) is 2.46. The Morgan fingerprint density at radius 2 is 1.89 bits per heavy atom. The van der Waals surface area contributed by atoms with E-state index in [-0.39, 0.29) is 34.0 Å². The first-order valence-corrected chi connectivity index (χ1v) is 5.95. The van der Waals surface area contributed by atoms with E-state index in [2.05, 4.69) is 53.0 Å². The highest BCUT2D eigenvalue weighted by molar-refractivity contribution is 8.93. The monoisotopic (exact) mass is 382 g/mol. The molecule has 100 valence electrons. The molecule has 2 nitrogen and oxygen atoms in total. The molecule has 0 unspecified atom stereocenters. The van der Waals surface area contributed by atoms with Crippen molar-refractivity contribution < 1.29 is 21.5 Å². The van der Waals surface area contributed by atoms with Gasteiger partial charge in [0.05, 0.1) is 0 Å². The molecule has 1 aliphatic heterocycles. The number of halogens is 2. The second-order valence-corrected chi connectivity index (χ2v) is 4.37. The molecular weight excluding hydrogens is 368 g/mol. The minimum atomic E-state index is 0. The van der Waals surface area contributed by atoms with Crippen molar-refractivity contribution in [3.8, 4) is 0 Å². The van der Waals surface area contributed by atoms with E-state index in [9.17, 15) is 0 Å². The van der Waals surface area contributed by atoms with E-state index in [0.29, 0.717) is 0 Å². The van der Waals surface area contributed by atoms with E-state index in [1.807, 2.05) is 12.4 Å². The van der Waals surface area contributed by atoms with Crippen molar-refractivity contribution in [1.29, 1.82) is 0 Å². The highest BCUT2D eigenvalue weighted by atomic mass is 79.9. The van der Waals surface area contributed by atoms with Gasteiger partial charge < -0.3 is 17.0 Å². The van der Waals surface area contributed by atoms with Crippen molar-refractivity contribution in [3.63, 3.8) is 0 Å². The lowest BCUT2D eigenvalue weighted by atomic mass is 9.99. The maximum atomic E-state index is 4.07. The average Bonchev–Trinajstić information content (AvgIpc) is 2.83. The largest absolute Gasteiger partial charge is 1.00 e. The van der Waals surface area contributed by atoms with Gasteiger partial charge in [0.1, 0.15) is 0 Å². The van der Waals surface area contributed by atoms with Crippen LogP contribution in [0, 0.1) is 0 Å². The first-order chi connectivity index (χ1) is 8.36. The van der Waals surface area contributed by atoms with Crippen LogP contribution in [0.15, 0.2) is 48.9 Å². The van der Waals surface area contributed by atoms with E-state index in [1.54, 1.807) is 0 Å². The molecule has 0 saturated heterocycles. The molecule has 0 fully saturated rings. The van der Waals surface area contributed by atoms with Crippen LogP contribution in [0.5, 0.6) is 0 Å². The fraction of sp³-hybridized carbons (Fsp3) is 0.200. The molecule has 0 aromatic carbocycles. The smallest absolute Gasteiger partial charge is 0.208 e. The molecule has 0 saturated carbocycles. The first-order valence-electron chi connectivity index (χ1n) is 5.95. The van der Waals surface area contributed by atoms with E-state index < -0.39 is 0 Å². The molecule has 3 rings (SSSR count). The minimum absolute atomic E-state index is 0. The van der Waals surface area contributed by atoms with Crippen LogP contribution in [0.4, 0.5) is 0 Å². The van der Waals surface area contributed by atoms with Crippen LogP contribution >= 0.6 is 17.0 Å². The number of hydrogen-bond donors (Lipinski definition) is 0. The van der Waals surface area contributed by atoms with Gasteiger partial charge in [-0.2, -0.15) is 4.57 Å². The molecule has 0 N–H and O–H groups in total. The minimum Gasteiger partial charge on any atom is -1.00 e. The zero-order chi connectivity index (χ0) is 11.7. The van der Waals surface area contributed by atoms with Crippen molar-refractivity contribution in [2.75, 3.05) is 0 Å². The van der Waals surface area contributed by atoms with E-state index >= 15 is 0 Å². The van der Waals surface area contributed by atoms with Gasteiger partial charge >= 0.3 is 0 Å². The molecule has 0 amide bonds. The van der Waals surface area contributed by atoms with E-state index in [0.717, 1.165) is 13.0 Å². The highest BCUT2D eigenvalue weighted by Crippen LogP contribution is 2.29. The van der Waals surface area contributed by atoms with Crippen LogP contribution < -0.4 is 21.5 Å². The lowest BCUT2D eigenvalue weighted by Crippen LogP contribution is -3.00. The third-order valence-electron chi connectivity index (χ3n) is 3.42. The standard InChI is InChI=1S/C15H15N2.2BrH/c1-12(13-5-8-16-9-6-13)14-7-11-17-10-3-2-4-15(14)17;;/h2-6,8-10H,7,11H2,1H3;2*1H/q+1;;/p-1. The zero-order valence-electron chi connectivity index (χ0n) is 10.7. The Bertz CT molecular complexity index is 580. The Balaban J connectivity index is 0.000000902. The number of pyridine rings is 2. The third kappa shape index (κ3) is 3.12. The summed E-state index contributed by atoms with van der Waals surface area (Å²) in [6, 6.07) is 10.6. The Morgan fingerprint density at radius 1 is 1.16 bits per heavy atom. The third-order valence-corrected chi connectivity index (χ3v) is 3.42. The van der Waals surface area contributed by atoms with Crippen molar-refractivity contribution in [2.45, 2.75) is 19.9 Å². The van der Waals surface area contributed by atoms with Gasteiger partial charge in [-0.3, -0.25) is 4.98 Å². The Morgan fingerprint density at radius 3 is 2.63 bits per heavy atom. The van der Waals surface area contributed by atoms with Crippen molar-refractivity contribution in [1.82, 2.24) is 4.98 Å². The van der Waals surface area contributed by atoms with Gasteiger partial charge in [0.15, 0.2) is 12.7 Å². The molecule has 19 heavy (non-hydrogen) atoms. The van der Waals surface area contributed by atoms with E-state index in [1.165, 1.54) is 22.4 Å². The summed E-state index contributed by atoms with van der Waals surface area (Å²) in [5, 5.41) is 0. The summed E-state index contributed by atoms with van der Waals surface area (Å²) in [5.41, 5.74) is 5.44. The summed E-state index contributed by atoms with van der Waals surface area (Å²) in [4.78, 5) is 4.07. The lowest BCUT2D eigenvalue weighted by molar-refractivity contribution is -0.689. The molecule has 0 atom stereocenters. The van der Waals surface area contributed by atoms with Crippen LogP contribution in [0.25, 0.3) is 11.1 Å². The second kappa shape index (κ2) is 6.96. The van der Waals surface area contributed by atoms with Crippen LogP contribution in [0.1, 0.15) is 24.6 Å². The molecule has 0 aliphatic carbocycles. The molecule has 4 heteroatoms. The predicted octanol–water partition coefficient (Wildman–Crippen LogP) is 0.285. The molecule has 3 heterocycles. The molecular formula is C15H16Br2N2. The summed E-state index contributed by atoms with van der Waals surface area (Å²) in [5.74, 6) is 0. The molecule has 0 radical (unpaired) electrons. The predicted molar refractivity (Wildman–Crippen MR) is 78.3 cm³/mol. The van der Waals surface area contributed by atoms with Gasteiger partial charge in [0.2, 0.25) is 5.69 Å². The molecule has 0 bridgehead atoms. The molecule has 2 aromatic rings. The summed E-state index contributed by atoms with van der Waals surface area (Å²) < 4.78 is 2.32. The normalized spacial score (nSPS) is 15.0. The summed E-state index contributed by atoms with van der Waals surface area (Å²) >= 11 is 0. The first kappa shape index (κ1) is 16.1. The number of aryl methyl sites for hydroxylation is 1. The molecule has 1 aliphatic rings. The summed E-state index contributed by atoms with van der Waals surface area (Å²) in [6.45, 7) is 3.29. The second-order valence-electron chi connectivity index (χ2n) is 4.37. The maximum absolute atomic E-state index is 4.07. The van der Waals surface area contributed by atoms with Crippen LogP contribution in [0.2, 0.25) is 0 Å². The van der Waals surface area contributed by atoms with Gasteiger partial charge in [0.25, 0.3) is 0 Å². The van der Waals surface area contributed by atoms with Crippen molar-refractivity contribution in [2.24, 2.45) is 0 Å². The van der Waals surface area contributed by atoms with Gasteiger partial charge in [-0.1, -0.05) is 0 Å². The Hall–Kier alpha value is -1.00. The van der Waals surface area contributed by atoms with Gasteiger partial charge in [-0.05, 0) is 36.3 Å². The zero-order valence-corrected chi connectivity index (χ0v) is 14.0. The maximum Gasteiger partial charge on any atom is 0.208 e. The highest BCUT2D eigenvalue weighted by Gasteiger charge is 2.25. The SMILES string of the molecule is Br.CC(=C1CC[n+]2ccccc21)c1ccncc1.[Br-]. The molecule has 0 spiro atoms. The Kier molecular flexibility index (Phi) is 5.88. The average molecular weight is 384 g/mol.